The Morgan fingerprint density at radius 2 is 0.761 bits per heavy atom. The summed E-state index contributed by atoms with van der Waals surface area (Å²) in [7, 11) is 0. The zero-order valence-electron chi connectivity index (χ0n) is 26.7. The number of rotatable bonds is 30. The van der Waals surface area contributed by atoms with Crippen molar-refractivity contribution in [2.45, 2.75) is 147 Å². The minimum atomic E-state index is -1.45. The van der Waals surface area contributed by atoms with Crippen LogP contribution in [0.1, 0.15) is 128 Å². The van der Waals surface area contributed by atoms with Crippen LogP contribution in [0.3, 0.4) is 0 Å². The van der Waals surface area contributed by atoms with Crippen LogP contribution in [-0.2, 0) is 33.6 Å². The molecule has 0 saturated heterocycles. The van der Waals surface area contributed by atoms with Gasteiger partial charge in [-0.25, -0.2) is 9.59 Å². The molecule has 0 aliphatic carbocycles. The van der Waals surface area contributed by atoms with Gasteiger partial charge in [-0.2, -0.15) is 0 Å². The minimum Gasteiger partial charge on any atom is -0.481 e. The molecule has 0 fully saturated rings. The van der Waals surface area contributed by atoms with Gasteiger partial charge in [0.25, 0.3) is 0 Å². The van der Waals surface area contributed by atoms with Gasteiger partial charge in [0.1, 0.15) is 18.1 Å². The fourth-order valence-electron chi connectivity index (χ4n) is 4.73. The molecule has 0 rings (SSSR count). The second-order valence-electron chi connectivity index (χ2n) is 11.5. The van der Waals surface area contributed by atoms with E-state index in [2.05, 4.69) is 28.6 Å². The van der Waals surface area contributed by atoms with Crippen LogP contribution in [0.15, 0.2) is 0 Å². The number of hydrogen-bond donors (Lipinski definition) is 8. The molecular formula is C31H53N3O11S. The minimum absolute atomic E-state index is 0.158. The van der Waals surface area contributed by atoms with Crippen LogP contribution in [0.2, 0.25) is 0 Å². The van der Waals surface area contributed by atoms with Crippen LogP contribution in [0.25, 0.3) is 0 Å². The lowest BCUT2D eigenvalue weighted by Gasteiger charge is -2.17. The van der Waals surface area contributed by atoms with E-state index in [1.807, 2.05) is 0 Å². The monoisotopic (exact) mass is 675 g/mol. The lowest BCUT2D eigenvalue weighted by atomic mass is 10.0. The van der Waals surface area contributed by atoms with Crippen LogP contribution >= 0.6 is 12.6 Å². The summed E-state index contributed by atoms with van der Waals surface area (Å²) in [6.45, 7) is -0.682. The maximum Gasteiger partial charge on any atom is 0.326 e. The summed E-state index contributed by atoms with van der Waals surface area (Å²) in [6.07, 6.45) is 13.7. The molecule has 1 unspecified atom stereocenters. The highest BCUT2D eigenvalue weighted by Crippen LogP contribution is 2.14. The zero-order chi connectivity index (χ0) is 34.7. The van der Waals surface area contributed by atoms with E-state index < -0.39 is 65.5 Å². The molecule has 0 aromatic rings. The van der Waals surface area contributed by atoms with Gasteiger partial charge in [0, 0.05) is 25.7 Å². The standard InChI is InChI=1S/C31H53N3O11S/c35-21-24(31(45)46)34-27(38)20-18-23(30(43)44)33-26(37)19-17-22(29(41)42)32-25(36)15-13-11-9-7-5-3-1-2-4-6-8-10-12-14-16-28(39)40/h22-24,35H,1-21H2,(H,32,36)(H,33,37)(H,34,38)(H,39,40)(H,41,42)(H,43,44)(H,45,46)/t22?,23-,24-/m0/s1. The van der Waals surface area contributed by atoms with Crippen LogP contribution in [0.5, 0.6) is 0 Å². The summed E-state index contributed by atoms with van der Waals surface area (Å²) >= 11 is 3.52. The number of carbonyl (C=O) groups excluding carboxylic acids is 4. The molecule has 15 heteroatoms. The third-order valence-corrected chi connectivity index (χ3v) is 7.76. The maximum absolute atomic E-state index is 12.3. The van der Waals surface area contributed by atoms with Crippen molar-refractivity contribution in [3.8, 4) is 0 Å². The van der Waals surface area contributed by atoms with Crippen molar-refractivity contribution in [1.82, 2.24) is 16.0 Å². The first-order valence-electron chi connectivity index (χ1n) is 16.3. The smallest absolute Gasteiger partial charge is 0.326 e. The van der Waals surface area contributed by atoms with Gasteiger partial charge in [0.2, 0.25) is 22.8 Å². The largest absolute Gasteiger partial charge is 0.481 e. The van der Waals surface area contributed by atoms with Crippen molar-refractivity contribution < 1.29 is 54.0 Å². The van der Waals surface area contributed by atoms with E-state index in [1.165, 1.54) is 32.1 Å². The number of nitrogens with one attached hydrogen (secondary N) is 3. The molecular weight excluding hydrogens is 622 g/mol. The summed E-state index contributed by atoms with van der Waals surface area (Å²) < 4.78 is 0. The van der Waals surface area contributed by atoms with Crippen molar-refractivity contribution in [2.75, 3.05) is 6.61 Å². The van der Waals surface area contributed by atoms with Gasteiger partial charge in [0.05, 0.1) is 6.61 Å². The Labute approximate surface area is 276 Å². The Hall–Kier alpha value is -3.20. The number of aliphatic hydroxyl groups is 1. The Bertz CT molecular complexity index is 964. The lowest BCUT2D eigenvalue weighted by molar-refractivity contribution is -0.143. The number of hydrogen-bond acceptors (Lipinski definition) is 8. The van der Waals surface area contributed by atoms with Gasteiger partial charge in [-0.15, -0.1) is 12.6 Å². The molecule has 0 aliphatic heterocycles. The molecule has 7 N–H and O–H groups in total. The Morgan fingerprint density at radius 3 is 1.07 bits per heavy atom. The average Bonchev–Trinajstić information content (AvgIpc) is 2.99. The molecule has 0 aliphatic rings. The quantitative estimate of drug-likeness (QED) is 0.0407. The highest BCUT2D eigenvalue weighted by molar-refractivity contribution is 7.96. The molecule has 0 bridgehead atoms. The summed E-state index contributed by atoms with van der Waals surface area (Å²) in [5.41, 5.74) is 0. The molecule has 0 aromatic carbocycles. The fraction of sp³-hybridized carbons (Fsp3) is 0.774. The average molecular weight is 676 g/mol. The van der Waals surface area contributed by atoms with Crippen LogP contribution in [0, 0.1) is 0 Å². The lowest BCUT2D eigenvalue weighted by Crippen LogP contribution is -2.45. The normalized spacial score (nSPS) is 12.8. The number of carbonyl (C=O) groups is 7. The number of aliphatic carboxylic acids is 3. The van der Waals surface area contributed by atoms with Crippen molar-refractivity contribution in [3.05, 3.63) is 0 Å². The van der Waals surface area contributed by atoms with E-state index in [1.54, 1.807) is 0 Å². The van der Waals surface area contributed by atoms with E-state index in [0.29, 0.717) is 6.42 Å². The second-order valence-corrected chi connectivity index (χ2v) is 11.9. The molecule has 0 aromatic heterocycles. The number of aliphatic hydroxyl groups excluding tert-OH is 1. The molecule has 0 heterocycles. The Kier molecular flexibility index (Phi) is 25.1. The van der Waals surface area contributed by atoms with Crippen molar-refractivity contribution in [2.24, 2.45) is 0 Å². The predicted octanol–water partition coefficient (Wildman–Crippen LogP) is 2.95. The summed E-state index contributed by atoms with van der Waals surface area (Å²) in [6, 6.07) is -4.01. The van der Waals surface area contributed by atoms with Gasteiger partial charge in [0.15, 0.2) is 0 Å². The zero-order valence-corrected chi connectivity index (χ0v) is 27.6. The molecule has 46 heavy (non-hydrogen) atoms. The highest BCUT2D eigenvalue weighted by Gasteiger charge is 2.25. The molecule has 264 valence electrons. The first-order chi connectivity index (χ1) is 21.9. The van der Waals surface area contributed by atoms with Crippen LogP contribution in [-0.4, -0.2) is 85.9 Å². The number of amides is 3. The molecule has 0 saturated carbocycles. The predicted molar refractivity (Wildman–Crippen MR) is 172 cm³/mol. The first-order valence-corrected chi connectivity index (χ1v) is 16.7. The Morgan fingerprint density at radius 1 is 0.457 bits per heavy atom. The van der Waals surface area contributed by atoms with Crippen molar-refractivity contribution in [3.63, 3.8) is 0 Å². The first kappa shape index (κ1) is 42.8. The van der Waals surface area contributed by atoms with Crippen molar-refractivity contribution in [1.29, 1.82) is 0 Å². The SMILES string of the molecule is O=C(O)CCCCCCCCCCCCCCCCC(=O)NC(CCC(=O)N[C@@H](CCC(=O)N[C@@H](CO)C(=O)S)C(=O)O)C(=O)O. The topological polar surface area (TPSA) is 236 Å². The third kappa shape index (κ3) is 24.1. The number of carboxylic acid groups (broad SMARTS) is 3. The fourth-order valence-corrected chi connectivity index (χ4v) is 4.88. The summed E-state index contributed by atoms with van der Waals surface area (Å²) in [5, 5.41) is 42.5. The Balaban J connectivity index is 4.11. The molecule has 3 amide bonds. The number of unbranched alkanes of at least 4 members (excludes halogenated alkanes) is 13. The van der Waals surface area contributed by atoms with Crippen LogP contribution < -0.4 is 16.0 Å². The number of thiol groups is 1. The maximum atomic E-state index is 12.3. The number of carboxylic acids is 3. The molecule has 14 nitrogen and oxygen atoms in total. The van der Waals surface area contributed by atoms with E-state index in [-0.39, 0.29) is 38.5 Å². The van der Waals surface area contributed by atoms with Crippen LogP contribution in [0.4, 0.5) is 0 Å². The van der Waals surface area contributed by atoms with Gasteiger partial charge in [-0.05, 0) is 25.7 Å². The summed E-state index contributed by atoms with van der Waals surface area (Å²) in [4.78, 5) is 81.2. The molecule has 0 radical (unpaired) electrons. The highest BCUT2D eigenvalue weighted by atomic mass is 32.1. The van der Waals surface area contributed by atoms with E-state index in [0.717, 1.165) is 51.4 Å². The van der Waals surface area contributed by atoms with Gasteiger partial charge in [-0.1, -0.05) is 77.0 Å². The van der Waals surface area contributed by atoms with E-state index >= 15 is 0 Å². The summed E-state index contributed by atoms with van der Waals surface area (Å²) in [5.74, 6) is -5.39. The van der Waals surface area contributed by atoms with Crippen molar-refractivity contribution >= 4 is 53.4 Å². The van der Waals surface area contributed by atoms with Gasteiger partial charge >= 0.3 is 17.9 Å². The van der Waals surface area contributed by atoms with E-state index in [4.69, 9.17) is 10.2 Å². The molecule has 3 atom stereocenters. The van der Waals surface area contributed by atoms with Gasteiger partial charge < -0.3 is 36.4 Å². The van der Waals surface area contributed by atoms with Gasteiger partial charge in [-0.3, -0.25) is 24.0 Å². The third-order valence-electron chi connectivity index (χ3n) is 7.45. The van der Waals surface area contributed by atoms with E-state index in [9.17, 15) is 43.8 Å². The second kappa shape index (κ2) is 27.0. The molecule has 0 spiro atoms.